The maximum absolute atomic E-state index is 5.53. The van der Waals surface area contributed by atoms with E-state index in [1.165, 1.54) is 5.56 Å². The molecule has 1 aliphatic heterocycles. The van der Waals surface area contributed by atoms with Crippen LogP contribution in [0.1, 0.15) is 30.7 Å². The van der Waals surface area contributed by atoms with Crippen molar-refractivity contribution in [2.24, 2.45) is 0 Å². The molecule has 3 nitrogen and oxygen atoms in total. The Hall–Kier alpha value is -1.58. The lowest BCUT2D eigenvalue weighted by molar-refractivity contribution is 0.112. The molecule has 1 aromatic heterocycles. The summed E-state index contributed by atoms with van der Waals surface area (Å²) in [5.41, 5.74) is 1.38. The lowest BCUT2D eigenvalue weighted by atomic mass is 10.00. The van der Waals surface area contributed by atoms with Crippen LogP contribution in [-0.2, 0) is 6.54 Å². The molecule has 3 rings (SSSR count). The summed E-state index contributed by atoms with van der Waals surface area (Å²) in [6.07, 6.45) is 2.92. The van der Waals surface area contributed by atoms with Gasteiger partial charge in [-0.2, -0.15) is 0 Å². The number of hydrogen-bond donors (Lipinski definition) is 1. The Balaban J connectivity index is 1.79. The molecular formula is C17H22N2O. The lowest BCUT2D eigenvalue weighted by Crippen LogP contribution is -2.51. The second kappa shape index (κ2) is 6.25. The van der Waals surface area contributed by atoms with Crippen molar-refractivity contribution >= 4 is 0 Å². The summed E-state index contributed by atoms with van der Waals surface area (Å²) in [6, 6.07) is 15.8. The van der Waals surface area contributed by atoms with Gasteiger partial charge in [0.1, 0.15) is 5.76 Å². The summed E-state index contributed by atoms with van der Waals surface area (Å²) in [5.74, 6) is 1.04. The van der Waals surface area contributed by atoms with Crippen molar-refractivity contribution < 1.29 is 4.42 Å². The standard InChI is InChI=1S/C17H22N2O/c1-2-15-12-19(13-16-9-6-10-20-16)17(11-18-15)14-7-4-3-5-8-14/h3-10,15,17-18H,2,11-13H2,1H3. The maximum atomic E-state index is 5.53. The first kappa shape index (κ1) is 13.4. The lowest BCUT2D eigenvalue weighted by Gasteiger charge is -2.40. The smallest absolute Gasteiger partial charge is 0.117 e. The van der Waals surface area contributed by atoms with Crippen molar-refractivity contribution in [1.29, 1.82) is 0 Å². The summed E-state index contributed by atoms with van der Waals surface area (Å²) in [7, 11) is 0. The molecule has 1 fully saturated rings. The highest BCUT2D eigenvalue weighted by Gasteiger charge is 2.28. The Morgan fingerprint density at radius 3 is 2.75 bits per heavy atom. The molecule has 0 saturated carbocycles. The molecule has 0 spiro atoms. The van der Waals surface area contributed by atoms with Crippen LogP contribution in [-0.4, -0.2) is 24.0 Å². The van der Waals surface area contributed by atoms with Crippen molar-refractivity contribution in [2.45, 2.75) is 32.0 Å². The molecule has 20 heavy (non-hydrogen) atoms. The third-order valence-electron chi connectivity index (χ3n) is 4.11. The van der Waals surface area contributed by atoms with Crippen LogP contribution >= 0.6 is 0 Å². The SMILES string of the molecule is CCC1CN(Cc2ccco2)C(c2ccccc2)CN1. The molecule has 0 amide bonds. The minimum absolute atomic E-state index is 0.420. The number of rotatable bonds is 4. The van der Waals surface area contributed by atoms with Gasteiger partial charge in [0.25, 0.3) is 0 Å². The molecule has 1 aliphatic rings. The third kappa shape index (κ3) is 2.94. The highest BCUT2D eigenvalue weighted by Crippen LogP contribution is 2.26. The van der Waals surface area contributed by atoms with E-state index in [-0.39, 0.29) is 0 Å². The van der Waals surface area contributed by atoms with E-state index in [4.69, 9.17) is 4.42 Å². The Kier molecular flexibility index (Phi) is 4.19. The van der Waals surface area contributed by atoms with Crippen LogP contribution in [0.4, 0.5) is 0 Å². The zero-order chi connectivity index (χ0) is 13.8. The van der Waals surface area contributed by atoms with Gasteiger partial charge in [-0.3, -0.25) is 4.90 Å². The Bertz CT molecular complexity index is 509. The fourth-order valence-corrected chi connectivity index (χ4v) is 2.94. The molecule has 0 radical (unpaired) electrons. The van der Waals surface area contributed by atoms with E-state index in [0.717, 1.165) is 31.8 Å². The highest BCUT2D eigenvalue weighted by molar-refractivity contribution is 5.20. The average molecular weight is 270 g/mol. The fourth-order valence-electron chi connectivity index (χ4n) is 2.94. The molecule has 3 heteroatoms. The van der Waals surface area contributed by atoms with Gasteiger partial charge >= 0.3 is 0 Å². The highest BCUT2D eigenvalue weighted by atomic mass is 16.3. The monoisotopic (exact) mass is 270 g/mol. The number of furan rings is 1. The largest absolute Gasteiger partial charge is 0.468 e. The average Bonchev–Trinajstić information content (AvgIpc) is 3.01. The minimum atomic E-state index is 0.420. The van der Waals surface area contributed by atoms with Gasteiger partial charge in [0.15, 0.2) is 0 Å². The van der Waals surface area contributed by atoms with E-state index >= 15 is 0 Å². The van der Waals surface area contributed by atoms with Gasteiger partial charge in [-0.25, -0.2) is 0 Å². The van der Waals surface area contributed by atoms with E-state index in [1.807, 2.05) is 6.07 Å². The van der Waals surface area contributed by atoms with E-state index in [0.29, 0.717) is 12.1 Å². The number of hydrogen-bond acceptors (Lipinski definition) is 3. The van der Waals surface area contributed by atoms with Gasteiger partial charge in [-0.15, -0.1) is 0 Å². The first-order valence-corrected chi connectivity index (χ1v) is 7.41. The van der Waals surface area contributed by atoms with Crippen LogP contribution in [0.2, 0.25) is 0 Å². The van der Waals surface area contributed by atoms with Crippen LogP contribution in [0.15, 0.2) is 53.1 Å². The molecular weight excluding hydrogens is 248 g/mol. The molecule has 0 bridgehead atoms. The molecule has 2 unspecified atom stereocenters. The molecule has 2 aromatic rings. The fraction of sp³-hybridized carbons (Fsp3) is 0.412. The number of nitrogens with zero attached hydrogens (tertiary/aromatic N) is 1. The zero-order valence-electron chi connectivity index (χ0n) is 12.0. The summed E-state index contributed by atoms with van der Waals surface area (Å²) in [6.45, 7) is 5.19. The predicted octanol–water partition coefficient (Wildman–Crippen LogP) is 3.20. The molecule has 1 aromatic carbocycles. The Morgan fingerprint density at radius 1 is 1.20 bits per heavy atom. The summed E-state index contributed by atoms with van der Waals surface area (Å²) in [4.78, 5) is 2.53. The van der Waals surface area contributed by atoms with E-state index in [9.17, 15) is 0 Å². The van der Waals surface area contributed by atoms with Crippen molar-refractivity contribution in [3.63, 3.8) is 0 Å². The predicted molar refractivity (Wildman–Crippen MR) is 80.4 cm³/mol. The molecule has 0 aliphatic carbocycles. The third-order valence-corrected chi connectivity index (χ3v) is 4.11. The van der Waals surface area contributed by atoms with Gasteiger partial charge in [0.2, 0.25) is 0 Å². The second-order valence-corrected chi connectivity index (χ2v) is 5.45. The molecule has 2 atom stereocenters. The normalized spacial score (nSPS) is 23.9. The summed E-state index contributed by atoms with van der Waals surface area (Å²) >= 11 is 0. The van der Waals surface area contributed by atoms with Crippen molar-refractivity contribution in [2.75, 3.05) is 13.1 Å². The minimum Gasteiger partial charge on any atom is -0.468 e. The maximum Gasteiger partial charge on any atom is 0.117 e. The quantitative estimate of drug-likeness (QED) is 0.924. The van der Waals surface area contributed by atoms with Gasteiger partial charge in [-0.05, 0) is 24.1 Å². The number of benzene rings is 1. The number of piperazine rings is 1. The van der Waals surface area contributed by atoms with E-state index < -0.39 is 0 Å². The van der Waals surface area contributed by atoms with Crippen LogP contribution in [0.25, 0.3) is 0 Å². The van der Waals surface area contributed by atoms with Crippen LogP contribution in [0.3, 0.4) is 0 Å². The van der Waals surface area contributed by atoms with Crippen LogP contribution < -0.4 is 5.32 Å². The first-order chi connectivity index (χ1) is 9.86. The van der Waals surface area contributed by atoms with Gasteiger partial charge < -0.3 is 9.73 Å². The molecule has 1 saturated heterocycles. The Morgan fingerprint density at radius 2 is 2.05 bits per heavy atom. The van der Waals surface area contributed by atoms with Crippen molar-refractivity contribution in [3.05, 3.63) is 60.1 Å². The molecule has 2 heterocycles. The molecule has 1 N–H and O–H groups in total. The first-order valence-electron chi connectivity index (χ1n) is 7.41. The van der Waals surface area contributed by atoms with Gasteiger partial charge in [0.05, 0.1) is 12.8 Å². The van der Waals surface area contributed by atoms with Crippen LogP contribution in [0, 0.1) is 0 Å². The van der Waals surface area contributed by atoms with E-state index in [2.05, 4.69) is 53.5 Å². The van der Waals surface area contributed by atoms with Crippen molar-refractivity contribution in [1.82, 2.24) is 10.2 Å². The second-order valence-electron chi connectivity index (χ2n) is 5.45. The molecule has 106 valence electrons. The van der Waals surface area contributed by atoms with E-state index in [1.54, 1.807) is 6.26 Å². The van der Waals surface area contributed by atoms with Gasteiger partial charge in [-0.1, -0.05) is 37.3 Å². The Labute approximate surface area is 120 Å². The van der Waals surface area contributed by atoms with Crippen LogP contribution in [0.5, 0.6) is 0 Å². The van der Waals surface area contributed by atoms with Gasteiger partial charge in [0, 0.05) is 25.2 Å². The number of nitrogens with one attached hydrogen (secondary N) is 1. The zero-order valence-corrected chi connectivity index (χ0v) is 12.0. The summed E-state index contributed by atoms with van der Waals surface area (Å²) < 4.78 is 5.53. The topological polar surface area (TPSA) is 28.4 Å². The van der Waals surface area contributed by atoms with Crippen molar-refractivity contribution in [3.8, 4) is 0 Å². The summed E-state index contributed by atoms with van der Waals surface area (Å²) in [5, 5.41) is 3.65.